The molecule has 0 bridgehead atoms. The molecular formula is C12H8O3. The van der Waals surface area contributed by atoms with Gasteiger partial charge >= 0.3 is 0 Å². The number of phenolic OH excluding ortho intramolecular Hbond substituents is 2. The van der Waals surface area contributed by atoms with Crippen molar-refractivity contribution in [1.29, 1.82) is 0 Å². The third kappa shape index (κ3) is 0.920. The number of hydrogen-bond donors (Lipinski definition) is 2. The fourth-order valence-corrected chi connectivity index (χ4v) is 2.13. The summed E-state index contributed by atoms with van der Waals surface area (Å²) < 4.78 is 0. The molecule has 3 heteroatoms. The smallest absolute Gasteiger partial charge is 0.165 e. The highest BCUT2D eigenvalue weighted by Gasteiger charge is 2.31. The van der Waals surface area contributed by atoms with Crippen LogP contribution in [0.15, 0.2) is 24.3 Å². The maximum atomic E-state index is 11.2. The van der Waals surface area contributed by atoms with Crippen molar-refractivity contribution in [2.45, 2.75) is 6.42 Å². The second-order valence-electron chi connectivity index (χ2n) is 3.72. The normalized spacial score (nSPS) is 17.2. The second-order valence-corrected chi connectivity index (χ2v) is 3.72. The van der Waals surface area contributed by atoms with Crippen LogP contribution in [0.5, 0.6) is 11.5 Å². The van der Waals surface area contributed by atoms with Crippen LogP contribution in [-0.4, -0.2) is 16.0 Å². The molecule has 74 valence electrons. The highest BCUT2D eigenvalue weighted by atomic mass is 16.3. The first-order valence-electron chi connectivity index (χ1n) is 4.68. The summed E-state index contributed by atoms with van der Waals surface area (Å²) >= 11 is 0. The molecule has 0 aromatic heterocycles. The lowest BCUT2D eigenvalue weighted by atomic mass is 9.75. The first kappa shape index (κ1) is 8.29. The van der Waals surface area contributed by atoms with Crippen LogP contribution < -0.4 is 0 Å². The number of ketones is 1. The lowest BCUT2D eigenvalue weighted by Gasteiger charge is -2.28. The number of benzene rings is 1. The van der Waals surface area contributed by atoms with E-state index < -0.39 is 0 Å². The van der Waals surface area contributed by atoms with Gasteiger partial charge in [0, 0.05) is 12.0 Å². The molecule has 1 aromatic rings. The average molecular weight is 200 g/mol. The largest absolute Gasteiger partial charge is 0.504 e. The SMILES string of the molecule is O=C1C=CC2=C(C1)c1c2ccc(O)c1O. The van der Waals surface area contributed by atoms with E-state index in [1.54, 1.807) is 18.2 Å². The minimum absolute atomic E-state index is 0.0298. The van der Waals surface area contributed by atoms with Gasteiger partial charge in [0.25, 0.3) is 0 Å². The fourth-order valence-electron chi connectivity index (χ4n) is 2.13. The van der Waals surface area contributed by atoms with E-state index in [1.807, 2.05) is 0 Å². The molecule has 0 radical (unpaired) electrons. The van der Waals surface area contributed by atoms with Gasteiger partial charge in [0.1, 0.15) is 0 Å². The van der Waals surface area contributed by atoms with E-state index in [0.717, 1.165) is 16.7 Å². The Bertz CT molecular complexity index is 550. The standard InChI is InChI=1S/C12H8O3/c13-6-1-2-7-8-3-4-10(14)12(15)11(8)9(7)5-6/h1-4,14-15H,5H2. The summed E-state index contributed by atoms with van der Waals surface area (Å²) in [5.74, 6) is -0.223. The molecule has 0 saturated heterocycles. The van der Waals surface area contributed by atoms with E-state index in [4.69, 9.17) is 0 Å². The number of allylic oxidation sites excluding steroid dienone is 4. The van der Waals surface area contributed by atoms with Crippen LogP contribution in [0.4, 0.5) is 0 Å². The molecule has 3 rings (SSSR count). The van der Waals surface area contributed by atoms with E-state index in [1.165, 1.54) is 6.07 Å². The van der Waals surface area contributed by atoms with E-state index in [9.17, 15) is 15.0 Å². The number of rotatable bonds is 0. The summed E-state index contributed by atoms with van der Waals surface area (Å²) in [5, 5.41) is 19.0. The third-order valence-electron chi connectivity index (χ3n) is 2.86. The van der Waals surface area contributed by atoms with Crippen LogP contribution >= 0.6 is 0 Å². The Morgan fingerprint density at radius 1 is 1.13 bits per heavy atom. The molecule has 15 heavy (non-hydrogen) atoms. The van der Waals surface area contributed by atoms with Gasteiger partial charge in [-0.05, 0) is 34.9 Å². The van der Waals surface area contributed by atoms with Gasteiger partial charge < -0.3 is 10.2 Å². The van der Waals surface area contributed by atoms with Gasteiger partial charge in [-0.25, -0.2) is 0 Å². The molecule has 1 aromatic carbocycles. The van der Waals surface area contributed by atoms with Crippen LogP contribution in [0.3, 0.4) is 0 Å². The van der Waals surface area contributed by atoms with Gasteiger partial charge in [-0.3, -0.25) is 4.79 Å². The zero-order chi connectivity index (χ0) is 10.6. The van der Waals surface area contributed by atoms with E-state index in [2.05, 4.69) is 0 Å². The number of fused-ring (bicyclic) bond motifs is 3. The zero-order valence-electron chi connectivity index (χ0n) is 7.82. The zero-order valence-corrected chi connectivity index (χ0v) is 7.82. The third-order valence-corrected chi connectivity index (χ3v) is 2.86. The molecule has 2 aliphatic rings. The molecule has 0 amide bonds. The Kier molecular flexibility index (Phi) is 1.39. The number of carbonyl (C=O) groups excluding carboxylic acids is 1. The summed E-state index contributed by atoms with van der Waals surface area (Å²) in [4.78, 5) is 11.2. The fraction of sp³-hybridized carbons (Fsp3) is 0.0833. The molecule has 0 atom stereocenters. The second kappa shape index (κ2) is 2.51. The van der Waals surface area contributed by atoms with Crippen LogP contribution in [0.2, 0.25) is 0 Å². The summed E-state index contributed by atoms with van der Waals surface area (Å²) in [7, 11) is 0. The molecule has 0 heterocycles. The van der Waals surface area contributed by atoms with Crippen molar-refractivity contribution < 1.29 is 15.0 Å². The maximum Gasteiger partial charge on any atom is 0.165 e. The van der Waals surface area contributed by atoms with E-state index in [0.29, 0.717) is 12.0 Å². The first-order valence-corrected chi connectivity index (χ1v) is 4.68. The highest BCUT2D eigenvalue weighted by Crippen LogP contribution is 2.51. The molecular weight excluding hydrogens is 192 g/mol. The van der Waals surface area contributed by atoms with Crippen molar-refractivity contribution in [2.75, 3.05) is 0 Å². The Balaban J connectivity index is 2.20. The predicted molar refractivity (Wildman–Crippen MR) is 55.3 cm³/mol. The van der Waals surface area contributed by atoms with Crippen molar-refractivity contribution in [3.8, 4) is 11.5 Å². The van der Waals surface area contributed by atoms with Crippen LogP contribution in [0.25, 0.3) is 11.1 Å². The van der Waals surface area contributed by atoms with Crippen molar-refractivity contribution in [1.82, 2.24) is 0 Å². The van der Waals surface area contributed by atoms with Gasteiger partial charge in [0.05, 0.1) is 0 Å². The molecule has 2 N–H and O–H groups in total. The topological polar surface area (TPSA) is 57.5 Å². The molecule has 0 aliphatic heterocycles. The highest BCUT2D eigenvalue weighted by molar-refractivity contribution is 6.19. The first-order chi connectivity index (χ1) is 7.18. The molecule has 3 nitrogen and oxygen atoms in total. The summed E-state index contributed by atoms with van der Waals surface area (Å²) in [5.41, 5.74) is 3.37. The summed E-state index contributed by atoms with van der Waals surface area (Å²) in [6, 6.07) is 3.21. The Morgan fingerprint density at radius 3 is 2.73 bits per heavy atom. The summed E-state index contributed by atoms with van der Waals surface area (Å²) in [6.45, 7) is 0. The van der Waals surface area contributed by atoms with Crippen LogP contribution in [-0.2, 0) is 4.79 Å². The number of hydrogen-bond acceptors (Lipinski definition) is 3. The Labute approximate surface area is 86.0 Å². The van der Waals surface area contributed by atoms with Crippen molar-refractivity contribution in [3.05, 3.63) is 35.4 Å². The van der Waals surface area contributed by atoms with E-state index in [-0.39, 0.29) is 17.3 Å². The van der Waals surface area contributed by atoms with Gasteiger partial charge in [-0.15, -0.1) is 0 Å². The minimum atomic E-state index is -0.137. The Hall–Kier alpha value is -2.03. The molecule has 0 spiro atoms. The lowest BCUT2D eigenvalue weighted by molar-refractivity contribution is -0.113. The van der Waals surface area contributed by atoms with Crippen molar-refractivity contribution in [2.24, 2.45) is 0 Å². The lowest BCUT2D eigenvalue weighted by Crippen LogP contribution is -2.12. The average Bonchev–Trinajstić information content (AvgIpc) is 2.19. The predicted octanol–water partition coefficient (Wildman–Crippen LogP) is 1.85. The quantitative estimate of drug-likeness (QED) is 0.628. The van der Waals surface area contributed by atoms with Gasteiger partial charge in [-0.2, -0.15) is 0 Å². The molecule has 0 unspecified atom stereocenters. The van der Waals surface area contributed by atoms with Gasteiger partial charge in [-0.1, -0.05) is 6.08 Å². The molecule has 0 saturated carbocycles. The monoisotopic (exact) mass is 200 g/mol. The molecule has 2 aliphatic carbocycles. The van der Waals surface area contributed by atoms with Crippen molar-refractivity contribution >= 4 is 16.9 Å². The van der Waals surface area contributed by atoms with Gasteiger partial charge in [0.15, 0.2) is 17.3 Å². The van der Waals surface area contributed by atoms with Crippen molar-refractivity contribution in [3.63, 3.8) is 0 Å². The Morgan fingerprint density at radius 2 is 1.93 bits per heavy atom. The number of carbonyl (C=O) groups is 1. The molecule has 0 fully saturated rings. The van der Waals surface area contributed by atoms with Crippen LogP contribution in [0, 0.1) is 0 Å². The van der Waals surface area contributed by atoms with E-state index >= 15 is 0 Å². The number of phenols is 2. The maximum absolute atomic E-state index is 11.2. The summed E-state index contributed by atoms with van der Waals surface area (Å²) in [6.07, 6.45) is 3.63. The minimum Gasteiger partial charge on any atom is -0.504 e. The van der Waals surface area contributed by atoms with Crippen LogP contribution in [0.1, 0.15) is 17.5 Å². The number of aromatic hydroxyl groups is 2. The van der Waals surface area contributed by atoms with Gasteiger partial charge in [0.2, 0.25) is 0 Å².